The van der Waals surface area contributed by atoms with Gasteiger partial charge in [-0.05, 0) is 13.5 Å². The molecule has 9 heavy (non-hydrogen) atoms. The molecule has 0 aromatic carbocycles. The molecule has 1 saturated heterocycles. The van der Waals surface area contributed by atoms with Gasteiger partial charge in [0.2, 0.25) is 0 Å². The van der Waals surface area contributed by atoms with Crippen molar-refractivity contribution in [1.29, 1.82) is 0 Å². The fourth-order valence-corrected chi connectivity index (χ4v) is 1.17. The summed E-state index contributed by atoms with van der Waals surface area (Å²) in [7, 11) is 1.88. The lowest BCUT2D eigenvalue weighted by molar-refractivity contribution is 0.354. The minimum absolute atomic E-state index is 0.352. The first-order valence-corrected chi connectivity index (χ1v) is 3.35. The van der Waals surface area contributed by atoms with Crippen LogP contribution < -0.4 is 10.6 Å². The molecule has 0 spiro atoms. The number of halogens is 1. The van der Waals surface area contributed by atoms with Crippen LogP contribution in [-0.2, 0) is 0 Å². The van der Waals surface area contributed by atoms with Gasteiger partial charge in [0.1, 0.15) is 6.17 Å². The largest absolute Gasteiger partial charge is 0.318 e. The summed E-state index contributed by atoms with van der Waals surface area (Å²) in [6, 6.07) is 0.352. The Morgan fingerprint density at radius 3 is 3.00 bits per heavy atom. The predicted molar refractivity (Wildman–Crippen MR) is 35.2 cm³/mol. The Hall–Kier alpha value is -0.150. The Morgan fingerprint density at radius 2 is 2.56 bits per heavy atom. The molecule has 1 heterocycles. The van der Waals surface area contributed by atoms with Crippen LogP contribution in [0.1, 0.15) is 6.42 Å². The van der Waals surface area contributed by atoms with Gasteiger partial charge in [0.05, 0.1) is 0 Å². The normalized spacial score (nSPS) is 35.3. The van der Waals surface area contributed by atoms with Crippen LogP contribution in [0.15, 0.2) is 0 Å². The molecule has 0 aromatic heterocycles. The Morgan fingerprint density at radius 1 is 1.78 bits per heavy atom. The van der Waals surface area contributed by atoms with Gasteiger partial charge in [-0.3, -0.25) is 0 Å². The summed E-state index contributed by atoms with van der Waals surface area (Å²) >= 11 is 0. The van der Waals surface area contributed by atoms with Crippen LogP contribution in [0.4, 0.5) is 4.39 Å². The highest BCUT2D eigenvalue weighted by molar-refractivity contribution is 4.82. The van der Waals surface area contributed by atoms with Gasteiger partial charge in [0, 0.05) is 19.1 Å². The number of hydrogen-bond acceptors (Lipinski definition) is 2. The average Bonchev–Trinajstić information content (AvgIpc) is 2.17. The average molecular weight is 132 g/mol. The molecule has 2 N–H and O–H groups in total. The molecule has 2 atom stereocenters. The van der Waals surface area contributed by atoms with Crippen molar-refractivity contribution >= 4 is 0 Å². The molecule has 0 saturated carbocycles. The van der Waals surface area contributed by atoms with Crippen molar-refractivity contribution in [3.63, 3.8) is 0 Å². The zero-order valence-corrected chi connectivity index (χ0v) is 5.65. The fraction of sp³-hybridized carbons (Fsp3) is 1.00. The van der Waals surface area contributed by atoms with Crippen molar-refractivity contribution in [3.8, 4) is 0 Å². The molecule has 0 radical (unpaired) electrons. The molecule has 54 valence electrons. The van der Waals surface area contributed by atoms with Crippen LogP contribution in [0, 0.1) is 0 Å². The van der Waals surface area contributed by atoms with Crippen LogP contribution in [0.2, 0.25) is 0 Å². The van der Waals surface area contributed by atoms with Crippen molar-refractivity contribution in [3.05, 3.63) is 0 Å². The highest BCUT2D eigenvalue weighted by Crippen LogP contribution is 2.08. The molecular weight excluding hydrogens is 119 g/mol. The molecule has 3 heteroatoms. The van der Waals surface area contributed by atoms with E-state index in [0.717, 1.165) is 6.54 Å². The lowest BCUT2D eigenvalue weighted by Gasteiger charge is -2.06. The topological polar surface area (TPSA) is 24.1 Å². The summed E-state index contributed by atoms with van der Waals surface area (Å²) < 4.78 is 12.4. The molecule has 1 aliphatic heterocycles. The summed E-state index contributed by atoms with van der Waals surface area (Å²) in [5.74, 6) is 0. The van der Waals surface area contributed by atoms with Gasteiger partial charge < -0.3 is 10.6 Å². The van der Waals surface area contributed by atoms with Crippen molar-refractivity contribution in [2.75, 3.05) is 20.1 Å². The highest BCUT2D eigenvalue weighted by atomic mass is 19.1. The van der Waals surface area contributed by atoms with Gasteiger partial charge in [-0.15, -0.1) is 0 Å². The third-order valence-electron chi connectivity index (χ3n) is 1.62. The summed E-state index contributed by atoms with van der Waals surface area (Å²) in [6.07, 6.45) is 0.0456. The zero-order valence-electron chi connectivity index (χ0n) is 5.65. The van der Waals surface area contributed by atoms with Gasteiger partial charge in [-0.1, -0.05) is 0 Å². The highest BCUT2D eigenvalue weighted by Gasteiger charge is 2.21. The molecule has 0 bridgehead atoms. The molecule has 0 unspecified atom stereocenters. The Bertz CT molecular complexity index is 85.1. The second-order valence-corrected chi connectivity index (χ2v) is 2.50. The minimum Gasteiger partial charge on any atom is -0.318 e. The standard InChI is InChI=1S/C6H13FN2/c1-8-4-6-2-5(7)3-9-6/h5-6,8-9H,2-4H2,1H3/t5-,6-/m0/s1. The first kappa shape index (κ1) is 6.96. The van der Waals surface area contributed by atoms with Crippen LogP contribution >= 0.6 is 0 Å². The van der Waals surface area contributed by atoms with Crippen LogP contribution in [0.25, 0.3) is 0 Å². The lowest BCUT2D eigenvalue weighted by Crippen LogP contribution is -2.31. The van der Waals surface area contributed by atoms with Crippen molar-refractivity contribution in [2.45, 2.75) is 18.6 Å². The molecule has 1 fully saturated rings. The molecular formula is C6H13FN2. The fourth-order valence-electron chi connectivity index (χ4n) is 1.17. The predicted octanol–water partition coefficient (Wildman–Crippen LogP) is -0.0942. The summed E-state index contributed by atoms with van der Waals surface area (Å²) in [4.78, 5) is 0. The van der Waals surface area contributed by atoms with E-state index in [2.05, 4.69) is 10.6 Å². The van der Waals surface area contributed by atoms with Gasteiger partial charge in [-0.25, -0.2) is 4.39 Å². The third kappa shape index (κ3) is 1.91. The summed E-state index contributed by atoms with van der Waals surface area (Å²) in [5, 5.41) is 6.07. The molecule has 1 rings (SSSR count). The van der Waals surface area contributed by atoms with Gasteiger partial charge >= 0.3 is 0 Å². The van der Waals surface area contributed by atoms with E-state index in [1.165, 1.54) is 0 Å². The van der Waals surface area contributed by atoms with Crippen LogP contribution in [0.3, 0.4) is 0 Å². The maximum absolute atomic E-state index is 12.4. The molecule has 2 nitrogen and oxygen atoms in total. The molecule has 0 aliphatic carbocycles. The van der Waals surface area contributed by atoms with Crippen LogP contribution in [0.5, 0.6) is 0 Å². The van der Waals surface area contributed by atoms with Crippen molar-refractivity contribution in [1.82, 2.24) is 10.6 Å². The quantitative estimate of drug-likeness (QED) is 0.548. The van der Waals surface area contributed by atoms with E-state index in [1.54, 1.807) is 0 Å². The van der Waals surface area contributed by atoms with Gasteiger partial charge in [0.15, 0.2) is 0 Å². The number of rotatable bonds is 2. The smallest absolute Gasteiger partial charge is 0.114 e. The Balaban J connectivity index is 2.14. The first-order chi connectivity index (χ1) is 4.33. The van der Waals surface area contributed by atoms with Crippen molar-refractivity contribution < 1.29 is 4.39 Å². The van der Waals surface area contributed by atoms with E-state index in [9.17, 15) is 4.39 Å². The van der Waals surface area contributed by atoms with E-state index >= 15 is 0 Å². The van der Waals surface area contributed by atoms with E-state index in [-0.39, 0.29) is 0 Å². The number of nitrogens with one attached hydrogen (secondary N) is 2. The Labute approximate surface area is 54.8 Å². The van der Waals surface area contributed by atoms with E-state index in [0.29, 0.717) is 19.0 Å². The van der Waals surface area contributed by atoms with Crippen molar-refractivity contribution in [2.24, 2.45) is 0 Å². The van der Waals surface area contributed by atoms with Crippen LogP contribution in [-0.4, -0.2) is 32.4 Å². The van der Waals surface area contributed by atoms with E-state index in [4.69, 9.17) is 0 Å². The zero-order chi connectivity index (χ0) is 6.69. The number of likely N-dealkylation sites (N-methyl/N-ethyl adjacent to an activating group) is 1. The maximum Gasteiger partial charge on any atom is 0.114 e. The van der Waals surface area contributed by atoms with Gasteiger partial charge in [0.25, 0.3) is 0 Å². The molecule has 1 aliphatic rings. The maximum atomic E-state index is 12.4. The number of hydrogen-bond donors (Lipinski definition) is 2. The first-order valence-electron chi connectivity index (χ1n) is 3.35. The SMILES string of the molecule is CNC[C@@H]1C[C@H](F)CN1. The third-order valence-corrected chi connectivity index (χ3v) is 1.62. The summed E-state index contributed by atoms with van der Waals surface area (Å²) in [5.41, 5.74) is 0. The van der Waals surface area contributed by atoms with Gasteiger partial charge in [-0.2, -0.15) is 0 Å². The molecule has 0 aromatic rings. The lowest BCUT2D eigenvalue weighted by atomic mass is 10.2. The summed E-state index contributed by atoms with van der Waals surface area (Å²) in [6.45, 7) is 1.41. The Kier molecular flexibility index (Phi) is 2.42. The second-order valence-electron chi connectivity index (χ2n) is 2.50. The monoisotopic (exact) mass is 132 g/mol. The van der Waals surface area contributed by atoms with E-state index in [1.807, 2.05) is 7.05 Å². The van der Waals surface area contributed by atoms with E-state index < -0.39 is 6.17 Å². The second kappa shape index (κ2) is 3.13. The molecule has 0 amide bonds. The minimum atomic E-state index is -0.622. The number of alkyl halides is 1.